The van der Waals surface area contributed by atoms with Crippen molar-refractivity contribution in [3.63, 3.8) is 0 Å². The van der Waals surface area contributed by atoms with Gasteiger partial charge in [-0.2, -0.15) is 0 Å². The molecule has 9 heteroatoms. The van der Waals surface area contributed by atoms with Gasteiger partial charge >= 0.3 is 0 Å². The van der Waals surface area contributed by atoms with E-state index in [0.29, 0.717) is 21.5 Å². The maximum absolute atomic E-state index is 6.23. The van der Waals surface area contributed by atoms with Crippen molar-refractivity contribution in [2.75, 3.05) is 0 Å². The first-order valence-corrected chi connectivity index (χ1v) is 10.9. The van der Waals surface area contributed by atoms with Crippen molar-refractivity contribution >= 4 is 40.6 Å². The number of aromatic nitrogens is 5. The highest BCUT2D eigenvalue weighted by molar-refractivity contribution is 7.98. The van der Waals surface area contributed by atoms with E-state index in [0.717, 1.165) is 28.9 Å². The monoisotopic (exact) mass is 447 g/mol. The Morgan fingerprint density at radius 2 is 2.03 bits per heavy atom. The van der Waals surface area contributed by atoms with Crippen LogP contribution >= 0.6 is 35.0 Å². The molecule has 0 N–H and O–H groups in total. The highest BCUT2D eigenvalue weighted by Crippen LogP contribution is 2.32. The van der Waals surface area contributed by atoms with E-state index in [-0.39, 0.29) is 6.10 Å². The molecule has 0 saturated heterocycles. The largest absolute Gasteiger partial charge is 0.481 e. The first kappa shape index (κ1) is 20.1. The van der Waals surface area contributed by atoms with E-state index in [1.807, 2.05) is 41.9 Å². The van der Waals surface area contributed by atoms with Crippen LogP contribution in [-0.4, -0.2) is 24.1 Å². The van der Waals surface area contributed by atoms with Gasteiger partial charge in [0.1, 0.15) is 11.4 Å². The molecule has 1 aromatic carbocycles. The second kappa shape index (κ2) is 8.65. The van der Waals surface area contributed by atoms with Gasteiger partial charge in [0.25, 0.3) is 0 Å². The van der Waals surface area contributed by atoms with Gasteiger partial charge in [0, 0.05) is 29.7 Å². The molecule has 6 nitrogen and oxygen atoms in total. The minimum atomic E-state index is -0.314. The number of nitrogens with zero attached hydrogens (tertiary/aromatic N) is 5. The lowest BCUT2D eigenvalue weighted by Crippen LogP contribution is -2.12. The van der Waals surface area contributed by atoms with Crippen LogP contribution in [0.25, 0.3) is 5.65 Å². The SMILES string of the molecule is CCn1c(SCc2cn3ccccc3n2)nnc1C(C)Oc1ccc(Cl)cc1Cl. The molecule has 0 bridgehead atoms. The molecule has 0 aliphatic heterocycles. The summed E-state index contributed by atoms with van der Waals surface area (Å²) in [6, 6.07) is 11.1. The summed E-state index contributed by atoms with van der Waals surface area (Å²) < 4.78 is 10.1. The van der Waals surface area contributed by atoms with Crippen molar-refractivity contribution in [3.05, 3.63) is 70.4 Å². The number of rotatable bonds is 7. The summed E-state index contributed by atoms with van der Waals surface area (Å²) >= 11 is 13.8. The molecule has 0 radical (unpaired) electrons. The van der Waals surface area contributed by atoms with Crippen LogP contribution in [0.5, 0.6) is 5.75 Å². The lowest BCUT2D eigenvalue weighted by atomic mass is 10.3. The quantitative estimate of drug-likeness (QED) is 0.340. The zero-order valence-corrected chi connectivity index (χ0v) is 18.2. The number of hydrogen-bond acceptors (Lipinski definition) is 5. The van der Waals surface area contributed by atoms with Crippen LogP contribution in [0.1, 0.15) is 31.5 Å². The van der Waals surface area contributed by atoms with Crippen molar-refractivity contribution in [1.29, 1.82) is 0 Å². The first-order chi connectivity index (χ1) is 14.0. The van der Waals surface area contributed by atoms with Crippen LogP contribution in [0.15, 0.2) is 53.9 Å². The zero-order chi connectivity index (χ0) is 20.4. The van der Waals surface area contributed by atoms with Crippen molar-refractivity contribution in [1.82, 2.24) is 24.1 Å². The highest BCUT2D eigenvalue weighted by atomic mass is 35.5. The molecule has 29 heavy (non-hydrogen) atoms. The van der Waals surface area contributed by atoms with E-state index >= 15 is 0 Å². The number of benzene rings is 1. The molecule has 0 aliphatic carbocycles. The van der Waals surface area contributed by atoms with Gasteiger partial charge in [-0.15, -0.1) is 10.2 Å². The van der Waals surface area contributed by atoms with E-state index in [1.54, 1.807) is 30.0 Å². The Kier molecular flexibility index (Phi) is 5.99. The summed E-state index contributed by atoms with van der Waals surface area (Å²) in [7, 11) is 0. The number of fused-ring (bicyclic) bond motifs is 1. The predicted molar refractivity (Wildman–Crippen MR) is 116 cm³/mol. The average Bonchev–Trinajstić information content (AvgIpc) is 3.31. The summed E-state index contributed by atoms with van der Waals surface area (Å²) in [5.74, 6) is 2.02. The van der Waals surface area contributed by atoms with Crippen molar-refractivity contribution in [2.24, 2.45) is 0 Å². The molecule has 0 saturated carbocycles. The van der Waals surface area contributed by atoms with Crippen LogP contribution in [0.4, 0.5) is 0 Å². The summed E-state index contributed by atoms with van der Waals surface area (Å²) in [5.41, 5.74) is 1.92. The molecule has 3 aromatic heterocycles. The Hall–Kier alpha value is -2.22. The Balaban J connectivity index is 1.49. The van der Waals surface area contributed by atoms with Gasteiger partial charge in [-0.1, -0.05) is 41.0 Å². The summed E-state index contributed by atoms with van der Waals surface area (Å²) in [6.45, 7) is 4.72. The van der Waals surface area contributed by atoms with Gasteiger partial charge in [-0.05, 0) is 44.2 Å². The second-order valence-corrected chi connectivity index (χ2v) is 8.19. The number of imidazole rings is 1. The Bertz CT molecular complexity index is 1110. The number of thioether (sulfide) groups is 1. The zero-order valence-electron chi connectivity index (χ0n) is 15.9. The van der Waals surface area contributed by atoms with Crippen molar-refractivity contribution < 1.29 is 4.74 Å². The maximum atomic E-state index is 6.23. The number of halogens is 2. The third-order valence-electron chi connectivity index (χ3n) is 4.39. The molecular formula is C20H19Cl2N5OS. The fourth-order valence-corrected chi connectivity index (χ4v) is 4.36. The predicted octanol–water partition coefficient (Wildman–Crippen LogP) is 5.68. The van der Waals surface area contributed by atoms with Gasteiger partial charge in [0.05, 0.1) is 10.7 Å². The number of ether oxygens (including phenoxy) is 1. The van der Waals surface area contributed by atoms with Gasteiger partial charge in [0.15, 0.2) is 17.1 Å². The molecule has 4 rings (SSSR count). The molecule has 1 atom stereocenters. The molecule has 3 heterocycles. The van der Waals surface area contributed by atoms with Crippen LogP contribution in [-0.2, 0) is 12.3 Å². The molecule has 0 aliphatic rings. The van der Waals surface area contributed by atoms with Crippen LogP contribution < -0.4 is 4.74 Å². The number of hydrogen-bond donors (Lipinski definition) is 0. The van der Waals surface area contributed by atoms with Crippen molar-refractivity contribution in [3.8, 4) is 5.75 Å². The Morgan fingerprint density at radius 1 is 1.17 bits per heavy atom. The standard InChI is InChI=1S/C20H19Cl2N5OS/c1-3-27-19(13(2)28-17-8-7-14(21)10-16(17)22)24-25-20(27)29-12-15-11-26-9-5-4-6-18(26)23-15/h4-11,13H,3,12H2,1-2H3. The lowest BCUT2D eigenvalue weighted by Gasteiger charge is -2.16. The smallest absolute Gasteiger partial charge is 0.191 e. The fourth-order valence-electron chi connectivity index (χ4n) is 3.01. The molecule has 0 amide bonds. The minimum Gasteiger partial charge on any atom is -0.481 e. The van der Waals surface area contributed by atoms with E-state index in [4.69, 9.17) is 27.9 Å². The normalized spacial score (nSPS) is 12.4. The van der Waals surface area contributed by atoms with E-state index in [1.165, 1.54) is 0 Å². The van der Waals surface area contributed by atoms with Gasteiger partial charge in [-0.3, -0.25) is 0 Å². The van der Waals surface area contributed by atoms with Crippen LogP contribution in [0.3, 0.4) is 0 Å². The Morgan fingerprint density at radius 3 is 2.79 bits per heavy atom. The van der Waals surface area contributed by atoms with E-state index in [2.05, 4.69) is 26.7 Å². The molecule has 0 fully saturated rings. The summed E-state index contributed by atoms with van der Waals surface area (Å²) in [6.07, 6.45) is 3.71. The fraction of sp³-hybridized carbons (Fsp3) is 0.250. The highest BCUT2D eigenvalue weighted by Gasteiger charge is 2.20. The third-order valence-corrected chi connectivity index (χ3v) is 5.92. The Labute approximate surface area is 182 Å². The lowest BCUT2D eigenvalue weighted by molar-refractivity contribution is 0.210. The maximum Gasteiger partial charge on any atom is 0.191 e. The topological polar surface area (TPSA) is 57.2 Å². The molecule has 150 valence electrons. The minimum absolute atomic E-state index is 0.314. The summed E-state index contributed by atoms with van der Waals surface area (Å²) in [4.78, 5) is 4.63. The second-order valence-electron chi connectivity index (χ2n) is 6.41. The third kappa shape index (κ3) is 4.37. The summed E-state index contributed by atoms with van der Waals surface area (Å²) in [5, 5.41) is 10.6. The van der Waals surface area contributed by atoms with Crippen molar-refractivity contribution in [2.45, 2.75) is 37.4 Å². The van der Waals surface area contributed by atoms with Gasteiger partial charge < -0.3 is 13.7 Å². The van der Waals surface area contributed by atoms with Crippen LogP contribution in [0.2, 0.25) is 10.0 Å². The molecule has 0 spiro atoms. The van der Waals surface area contributed by atoms with Gasteiger partial charge in [-0.25, -0.2) is 4.98 Å². The van der Waals surface area contributed by atoms with Crippen LogP contribution in [0, 0.1) is 0 Å². The van der Waals surface area contributed by atoms with Gasteiger partial charge in [0.2, 0.25) is 0 Å². The van der Waals surface area contributed by atoms with E-state index in [9.17, 15) is 0 Å². The molecule has 4 aromatic rings. The van der Waals surface area contributed by atoms with E-state index < -0.39 is 0 Å². The first-order valence-electron chi connectivity index (χ1n) is 9.15. The average molecular weight is 448 g/mol. The molecule has 1 unspecified atom stereocenters. The molecular weight excluding hydrogens is 429 g/mol. The number of pyridine rings is 1.